The number of nitriles is 1. The van der Waals surface area contributed by atoms with Gasteiger partial charge in [0.1, 0.15) is 11.3 Å². The first kappa shape index (κ1) is 19.3. The Kier molecular flexibility index (Phi) is 7.34. The van der Waals surface area contributed by atoms with Gasteiger partial charge in [0.2, 0.25) is 5.91 Å². The molecule has 0 saturated carbocycles. The fourth-order valence-corrected chi connectivity index (χ4v) is 2.35. The number of hydrogen-bond acceptors (Lipinski definition) is 4. The smallest absolute Gasteiger partial charge is 0.221 e. The average Bonchev–Trinajstić information content (AvgIpc) is 2.46. The summed E-state index contributed by atoms with van der Waals surface area (Å²) >= 11 is 5.96. The van der Waals surface area contributed by atoms with Gasteiger partial charge in [0, 0.05) is 18.0 Å². The first-order chi connectivity index (χ1) is 10.8. The second-order valence-electron chi connectivity index (χ2n) is 6.09. The van der Waals surface area contributed by atoms with E-state index in [1.165, 1.54) is 0 Å². The van der Waals surface area contributed by atoms with Gasteiger partial charge in [-0.2, -0.15) is 5.26 Å². The summed E-state index contributed by atoms with van der Waals surface area (Å²) in [7, 11) is 3.73. The van der Waals surface area contributed by atoms with Gasteiger partial charge in [-0.3, -0.25) is 4.79 Å². The maximum Gasteiger partial charge on any atom is 0.221 e. The van der Waals surface area contributed by atoms with Crippen LogP contribution < -0.4 is 10.1 Å². The number of carbonyl (C=O) groups is 1. The molecule has 126 valence electrons. The number of nitrogens with one attached hydrogen (secondary N) is 1. The molecule has 1 rings (SSSR count). The monoisotopic (exact) mass is 337 g/mol. The molecule has 0 saturated heterocycles. The third-order valence-corrected chi connectivity index (χ3v) is 3.66. The number of rotatable bonds is 8. The fourth-order valence-electron chi connectivity index (χ4n) is 2.24. The molecule has 0 heterocycles. The van der Waals surface area contributed by atoms with Gasteiger partial charge >= 0.3 is 0 Å². The molecule has 0 aliphatic carbocycles. The van der Waals surface area contributed by atoms with Crippen LogP contribution in [0.4, 0.5) is 0 Å². The van der Waals surface area contributed by atoms with E-state index in [9.17, 15) is 10.1 Å². The molecule has 1 atom stereocenters. The summed E-state index contributed by atoms with van der Waals surface area (Å²) in [6.07, 6.45) is 0.897. The third-order valence-electron chi connectivity index (χ3n) is 3.24. The van der Waals surface area contributed by atoms with Gasteiger partial charge in [-0.1, -0.05) is 11.6 Å². The maximum absolute atomic E-state index is 12.0. The van der Waals surface area contributed by atoms with E-state index >= 15 is 0 Å². The molecule has 0 spiro atoms. The van der Waals surface area contributed by atoms with Crippen LogP contribution >= 0.6 is 11.6 Å². The van der Waals surface area contributed by atoms with Crippen molar-refractivity contribution in [3.63, 3.8) is 0 Å². The number of ether oxygens (including phenoxy) is 1. The summed E-state index contributed by atoms with van der Waals surface area (Å²) < 4.78 is 5.60. The van der Waals surface area contributed by atoms with E-state index < -0.39 is 5.54 Å². The van der Waals surface area contributed by atoms with E-state index in [-0.39, 0.29) is 5.91 Å². The fraction of sp³-hybridized carbons (Fsp3) is 0.529. The van der Waals surface area contributed by atoms with Crippen molar-refractivity contribution in [2.45, 2.75) is 32.2 Å². The molecule has 1 aromatic carbocycles. The topological polar surface area (TPSA) is 65.4 Å². The number of carbonyl (C=O) groups excluding carboxylic acids is 1. The summed E-state index contributed by atoms with van der Waals surface area (Å²) in [6.45, 7) is 4.54. The van der Waals surface area contributed by atoms with Crippen molar-refractivity contribution in [3.05, 3.63) is 28.8 Å². The lowest BCUT2D eigenvalue weighted by Gasteiger charge is -2.26. The highest BCUT2D eigenvalue weighted by Gasteiger charge is 2.26. The average molecular weight is 338 g/mol. The minimum absolute atomic E-state index is 0.146. The van der Waals surface area contributed by atoms with E-state index in [1.54, 1.807) is 19.1 Å². The SMILES string of the molecule is Cc1cc(OCCCC(=O)N[C@@](C)(C#N)CN(C)C)ccc1Cl. The molecule has 5 nitrogen and oxygen atoms in total. The number of amides is 1. The molecule has 0 bridgehead atoms. The molecule has 23 heavy (non-hydrogen) atoms. The van der Waals surface area contributed by atoms with E-state index in [2.05, 4.69) is 11.4 Å². The zero-order chi connectivity index (χ0) is 17.5. The molecule has 6 heteroatoms. The van der Waals surface area contributed by atoms with Crippen molar-refractivity contribution in [1.29, 1.82) is 5.26 Å². The van der Waals surface area contributed by atoms with Crippen molar-refractivity contribution in [2.75, 3.05) is 27.2 Å². The summed E-state index contributed by atoms with van der Waals surface area (Å²) in [5.41, 5.74) is 0.0738. The van der Waals surface area contributed by atoms with Crippen molar-refractivity contribution >= 4 is 17.5 Å². The lowest BCUT2D eigenvalue weighted by molar-refractivity contribution is -0.122. The predicted octanol–water partition coefficient (Wildman–Crippen LogP) is 2.77. The minimum Gasteiger partial charge on any atom is -0.494 e. The van der Waals surface area contributed by atoms with Gasteiger partial charge in [0.05, 0.1) is 12.7 Å². The first-order valence-electron chi connectivity index (χ1n) is 7.52. The number of hydrogen-bond donors (Lipinski definition) is 1. The van der Waals surface area contributed by atoms with Crippen LogP contribution in [0.25, 0.3) is 0 Å². The Bertz CT molecular complexity index is 584. The lowest BCUT2D eigenvalue weighted by Crippen LogP contribution is -2.51. The number of aryl methyl sites for hydroxylation is 1. The van der Waals surface area contributed by atoms with Crippen LogP contribution in [0.3, 0.4) is 0 Å². The standard InChI is InChI=1S/C17H24ClN3O2/c1-13-10-14(7-8-15(13)18)23-9-5-6-16(22)20-17(2,11-19)12-21(3)4/h7-8,10H,5-6,9,12H2,1-4H3,(H,20,22)/t17-/m0/s1. The lowest BCUT2D eigenvalue weighted by atomic mass is 10.0. The Labute approximate surface area is 143 Å². The number of halogens is 1. The Balaban J connectivity index is 2.36. The Morgan fingerprint density at radius 2 is 2.17 bits per heavy atom. The maximum atomic E-state index is 12.0. The zero-order valence-corrected chi connectivity index (χ0v) is 14.9. The second-order valence-corrected chi connectivity index (χ2v) is 6.50. The van der Waals surface area contributed by atoms with Crippen LogP contribution in [0.1, 0.15) is 25.3 Å². The number of nitrogens with zero attached hydrogens (tertiary/aromatic N) is 2. The normalized spacial score (nSPS) is 13.3. The minimum atomic E-state index is -0.880. The van der Waals surface area contributed by atoms with Gasteiger partial charge in [0.25, 0.3) is 0 Å². The summed E-state index contributed by atoms with van der Waals surface area (Å²) in [6, 6.07) is 7.61. The molecular formula is C17H24ClN3O2. The Morgan fingerprint density at radius 3 is 2.74 bits per heavy atom. The number of benzene rings is 1. The van der Waals surface area contributed by atoms with E-state index in [4.69, 9.17) is 16.3 Å². The highest BCUT2D eigenvalue weighted by molar-refractivity contribution is 6.31. The summed E-state index contributed by atoms with van der Waals surface area (Å²) in [5, 5.41) is 12.7. The summed E-state index contributed by atoms with van der Waals surface area (Å²) in [5.74, 6) is 0.591. The molecule has 0 fully saturated rings. The van der Waals surface area contributed by atoms with E-state index in [0.29, 0.717) is 31.0 Å². The van der Waals surface area contributed by atoms with Crippen LogP contribution in [0, 0.1) is 18.3 Å². The molecule has 0 aliphatic heterocycles. The first-order valence-corrected chi connectivity index (χ1v) is 7.89. The van der Waals surface area contributed by atoms with E-state index in [0.717, 1.165) is 11.3 Å². The third kappa shape index (κ3) is 6.89. The Hall–Kier alpha value is -1.77. The van der Waals surface area contributed by atoms with Crippen LogP contribution in [-0.4, -0.2) is 43.6 Å². The van der Waals surface area contributed by atoms with E-state index in [1.807, 2.05) is 32.0 Å². The van der Waals surface area contributed by atoms with Gasteiger partial charge in [0.15, 0.2) is 0 Å². The van der Waals surface area contributed by atoms with Gasteiger partial charge in [-0.25, -0.2) is 0 Å². The van der Waals surface area contributed by atoms with Crippen LogP contribution in [0.5, 0.6) is 5.75 Å². The number of likely N-dealkylation sites (N-methyl/N-ethyl adjacent to an activating group) is 1. The molecule has 0 unspecified atom stereocenters. The molecule has 1 aromatic rings. The Morgan fingerprint density at radius 1 is 1.48 bits per heavy atom. The second kappa shape index (κ2) is 8.76. The zero-order valence-electron chi connectivity index (χ0n) is 14.1. The highest BCUT2D eigenvalue weighted by atomic mass is 35.5. The highest BCUT2D eigenvalue weighted by Crippen LogP contribution is 2.21. The van der Waals surface area contributed by atoms with Gasteiger partial charge in [-0.05, 0) is 58.1 Å². The summed E-state index contributed by atoms with van der Waals surface area (Å²) in [4.78, 5) is 13.8. The van der Waals surface area contributed by atoms with Crippen molar-refractivity contribution in [3.8, 4) is 11.8 Å². The van der Waals surface area contributed by atoms with Crippen molar-refractivity contribution in [2.24, 2.45) is 0 Å². The molecular weight excluding hydrogens is 314 g/mol. The van der Waals surface area contributed by atoms with Crippen LogP contribution in [0.15, 0.2) is 18.2 Å². The molecule has 1 N–H and O–H groups in total. The molecule has 0 radical (unpaired) electrons. The van der Waals surface area contributed by atoms with Crippen LogP contribution in [0.2, 0.25) is 5.02 Å². The molecule has 0 aliphatic rings. The van der Waals surface area contributed by atoms with Gasteiger partial charge < -0.3 is 15.0 Å². The molecule has 0 aromatic heterocycles. The quantitative estimate of drug-likeness (QED) is 0.741. The largest absolute Gasteiger partial charge is 0.494 e. The molecule has 1 amide bonds. The predicted molar refractivity (Wildman–Crippen MR) is 91.6 cm³/mol. The van der Waals surface area contributed by atoms with Crippen LogP contribution in [-0.2, 0) is 4.79 Å². The van der Waals surface area contributed by atoms with Crippen molar-refractivity contribution < 1.29 is 9.53 Å². The van der Waals surface area contributed by atoms with Gasteiger partial charge in [-0.15, -0.1) is 0 Å². The van der Waals surface area contributed by atoms with Crippen molar-refractivity contribution in [1.82, 2.24) is 10.2 Å².